The molecule has 54 heavy (non-hydrogen) atoms. The van der Waals surface area contributed by atoms with Crippen LogP contribution in [0.4, 0.5) is 52.7 Å². The Morgan fingerprint density at radius 2 is 0.704 bits per heavy atom. The molecule has 3 rings (SSSR count). The van der Waals surface area contributed by atoms with Crippen LogP contribution >= 0.6 is 0 Å². The van der Waals surface area contributed by atoms with E-state index in [2.05, 4.69) is 0 Å². The number of rotatable bonds is 2. The molecule has 0 aliphatic rings. The Morgan fingerprint density at radius 1 is 0.370 bits per heavy atom. The van der Waals surface area contributed by atoms with Gasteiger partial charge in [-0.3, -0.25) is 0 Å². The molecule has 0 spiro atoms. The third-order valence-electron chi connectivity index (χ3n) is 7.21. The minimum Gasteiger partial charge on any atom is -0.192 e. The van der Waals surface area contributed by atoms with Crippen LogP contribution in [0.1, 0.15) is 72.3 Å². The van der Waals surface area contributed by atoms with E-state index in [1.807, 2.05) is 0 Å². The van der Waals surface area contributed by atoms with Gasteiger partial charge in [-0.05, 0) is 18.2 Å². The van der Waals surface area contributed by atoms with Crippen LogP contribution in [0.2, 0.25) is 0 Å². The molecule has 0 radical (unpaired) electrons. The van der Waals surface area contributed by atoms with Crippen LogP contribution in [0.25, 0.3) is 11.1 Å². The maximum Gasteiger partial charge on any atom is 0.418 e. The van der Waals surface area contributed by atoms with Crippen molar-refractivity contribution in [1.82, 2.24) is 0 Å². The van der Waals surface area contributed by atoms with E-state index in [9.17, 15) is 100 Å². The van der Waals surface area contributed by atoms with Crippen LogP contribution in [0.15, 0.2) is 18.2 Å². The standard InChI is InChI=1S/C33H3F12N9/c34-30(35,36)26-14(5-47)2-17(23(11-53)28(26)32(40,41)42)19(7-49)16-1-13(4-46)25(22(10-52)20(16)8-50)21(9-51)18-3-15(6-48)27(31(37,38)39)29(24(18)12-54)33(43,44)45/h1-3H/b19-16+,25-21+. The predicted molar refractivity (Wildman–Crippen MR) is 148 cm³/mol. The van der Waals surface area contributed by atoms with E-state index in [0.29, 0.717) is 6.07 Å². The fourth-order valence-electron chi connectivity index (χ4n) is 5.30. The van der Waals surface area contributed by atoms with Crippen molar-refractivity contribution in [3.05, 3.63) is 101 Å². The van der Waals surface area contributed by atoms with Crippen LogP contribution in [-0.2, 0) is 24.7 Å². The number of nitrogens with zero attached hydrogens (tertiary/aromatic N) is 9. The first-order valence-corrected chi connectivity index (χ1v) is 13.3. The van der Waals surface area contributed by atoms with Gasteiger partial charge < -0.3 is 0 Å². The lowest BCUT2D eigenvalue weighted by atomic mass is 9.84. The van der Waals surface area contributed by atoms with Crippen LogP contribution < -0.4 is 10.4 Å². The van der Waals surface area contributed by atoms with Gasteiger partial charge in [0, 0.05) is 21.6 Å². The molecule has 0 unspecified atom stereocenters. The molecule has 0 bridgehead atoms. The molecule has 0 saturated heterocycles. The molecule has 9 nitrogen and oxygen atoms in total. The summed E-state index contributed by atoms with van der Waals surface area (Å²) in [5.74, 6) is 0. The Kier molecular flexibility index (Phi) is 10.4. The second kappa shape index (κ2) is 13.9. The smallest absolute Gasteiger partial charge is 0.192 e. The minimum absolute atomic E-state index is 0.00620. The third-order valence-corrected chi connectivity index (χ3v) is 7.21. The number of alkyl halides is 12. The first-order valence-electron chi connectivity index (χ1n) is 13.3. The van der Waals surface area contributed by atoms with Gasteiger partial charge in [0.05, 0.1) is 90.6 Å². The van der Waals surface area contributed by atoms with Crippen LogP contribution in [0.3, 0.4) is 0 Å². The van der Waals surface area contributed by atoms with Gasteiger partial charge in [-0.2, -0.15) is 100 Å². The summed E-state index contributed by atoms with van der Waals surface area (Å²) in [7, 11) is 0. The maximum absolute atomic E-state index is 14.1. The highest BCUT2D eigenvalue weighted by Gasteiger charge is 2.49. The minimum atomic E-state index is -6.07. The Bertz CT molecular complexity index is 2710. The van der Waals surface area contributed by atoms with Crippen molar-refractivity contribution in [2.75, 3.05) is 0 Å². The molecule has 21 heteroatoms. The number of halogens is 12. The molecule has 0 heterocycles. The molecule has 0 fully saturated rings. The zero-order chi connectivity index (χ0) is 41.3. The van der Waals surface area contributed by atoms with Gasteiger partial charge in [0.25, 0.3) is 0 Å². The van der Waals surface area contributed by atoms with Crippen molar-refractivity contribution >= 4 is 11.1 Å². The molecule has 264 valence electrons. The Morgan fingerprint density at radius 3 is 0.981 bits per heavy atom. The fourth-order valence-corrected chi connectivity index (χ4v) is 5.30. The SMILES string of the molecule is N#C/C(c1cc(C#N)c(C(F)(F)F)c(C(F)(F)F)c1C#N)=c1/cc(C#N)/c(=C(/C#N)c2cc(C#N)c(C(F)(F)F)c(C(F)(F)F)c2C#N)c(C#N)c1C#N. The normalized spacial score (nSPS) is 12.5. The van der Waals surface area contributed by atoms with E-state index in [4.69, 9.17) is 0 Å². The highest BCUT2D eigenvalue weighted by molar-refractivity contribution is 5.87. The van der Waals surface area contributed by atoms with E-state index in [1.54, 1.807) is 0 Å². The van der Waals surface area contributed by atoms with E-state index in [0.717, 1.165) is 24.3 Å². The molecule has 0 N–H and O–H groups in total. The second-order valence-electron chi connectivity index (χ2n) is 10.0. The van der Waals surface area contributed by atoms with Gasteiger partial charge in [0.15, 0.2) is 0 Å². The Hall–Kier alpha value is -8.03. The first kappa shape index (κ1) is 40.4. The number of hydrogen-bond acceptors (Lipinski definition) is 9. The van der Waals surface area contributed by atoms with Gasteiger partial charge in [0.1, 0.15) is 36.4 Å². The average Bonchev–Trinajstić information content (AvgIpc) is 3.08. The summed E-state index contributed by atoms with van der Waals surface area (Å²) in [5.41, 5.74) is -27.7. The van der Waals surface area contributed by atoms with Gasteiger partial charge in [0.2, 0.25) is 0 Å². The summed E-state index contributed by atoms with van der Waals surface area (Å²) in [6.45, 7) is 0. The van der Waals surface area contributed by atoms with Crippen molar-refractivity contribution in [2.24, 2.45) is 0 Å². The lowest BCUT2D eigenvalue weighted by Crippen LogP contribution is -2.28. The summed E-state index contributed by atoms with van der Waals surface area (Å²) in [6, 6.07) is 9.86. The molecule has 0 saturated carbocycles. The highest BCUT2D eigenvalue weighted by atomic mass is 19.4. The molecular formula is C33H3F12N9. The van der Waals surface area contributed by atoms with Crippen molar-refractivity contribution in [2.45, 2.75) is 24.7 Å². The van der Waals surface area contributed by atoms with E-state index in [1.165, 1.54) is 30.3 Å². The molecule has 3 aromatic carbocycles. The van der Waals surface area contributed by atoms with Crippen LogP contribution in [-0.4, -0.2) is 0 Å². The molecule has 3 aromatic rings. The van der Waals surface area contributed by atoms with E-state index >= 15 is 0 Å². The van der Waals surface area contributed by atoms with Gasteiger partial charge in [-0.25, -0.2) is 0 Å². The molecule has 0 aliphatic carbocycles. The second-order valence-corrected chi connectivity index (χ2v) is 10.0. The molecule has 0 aliphatic heterocycles. The zero-order valence-electron chi connectivity index (χ0n) is 25.3. The van der Waals surface area contributed by atoms with Crippen molar-refractivity contribution < 1.29 is 52.7 Å². The summed E-state index contributed by atoms with van der Waals surface area (Å²) >= 11 is 0. The topological polar surface area (TPSA) is 214 Å². The predicted octanol–water partition coefficient (Wildman–Crippen LogP) is 6.31. The summed E-state index contributed by atoms with van der Waals surface area (Å²) in [6.07, 6.45) is -24.0. The first-order chi connectivity index (χ1) is 25.0. The van der Waals surface area contributed by atoms with Gasteiger partial charge in [-0.15, -0.1) is 0 Å². The Balaban J connectivity index is 2.91. The summed E-state index contributed by atoms with van der Waals surface area (Å²) < 4.78 is 168. The monoisotopic (exact) mass is 753 g/mol. The van der Waals surface area contributed by atoms with Gasteiger partial charge >= 0.3 is 24.7 Å². The number of hydrogen-bond donors (Lipinski definition) is 0. The lowest BCUT2D eigenvalue weighted by molar-refractivity contribution is -0.162. The zero-order valence-corrected chi connectivity index (χ0v) is 25.3. The molecule has 0 amide bonds. The van der Waals surface area contributed by atoms with Crippen molar-refractivity contribution in [3.63, 3.8) is 0 Å². The molecular weight excluding hydrogens is 750 g/mol. The van der Waals surface area contributed by atoms with E-state index < -0.39 is 119 Å². The summed E-state index contributed by atoms with van der Waals surface area (Å²) in [5, 5.41) is 85.8. The average molecular weight is 753 g/mol. The fraction of sp³-hybridized carbons (Fsp3) is 0.121. The quantitative estimate of drug-likeness (QED) is 0.268. The lowest BCUT2D eigenvalue weighted by Gasteiger charge is -2.20. The van der Waals surface area contributed by atoms with Gasteiger partial charge in [-0.1, -0.05) is 0 Å². The molecule has 0 aromatic heterocycles. The van der Waals surface area contributed by atoms with Crippen LogP contribution in [0.5, 0.6) is 0 Å². The van der Waals surface area contributed by atoms with Crippen molar-refractivity contribution in [3.8, 4) is 54.6 Å². The largest absolute Gasteiger partial charge is 0.418 e. The Labute approximate surface area is 291 Å². The van der Waals surface area contributed by atoms with Crippen LogP contribution in [0, 0.1) is 102 Å². The number of benzene rings is 3. The maximum atomic E-state index is 14.1. The highest BCUT2D eigenvalue weighted by Crippen LogP contribution is 2.47. The molecule has 0 atom stereocenters. The number of nitriles is 9. The van der Waals surface area contributed by atoms with Crippen molar-refractivity contribution in [1.29, 1.82) is 47.4 Å². The van der Waals surface area contributed by atoms with E-state index in [-0.39, 0.29) is 12.1 Å². The summed E-state index contributed by atoms with van der Waals surface area (Å²) in [4.78, 5) is 0. The third kappa shape index (κ3) is 6.71.